The Morgan fingerprint density at radius 2 is 1.95 bits per heavy atom. The van der Waals surface area contributed by atoms with Crippen LogP contribution in [0.4, 0.5) is 4.39 Å². The van der Waals surface area contributed by atoms with Gasteiger partial charge in [-0.25, -0.2) is 9.18 Å². The summed E-state index contributed by atoms with van der Waals surface area (Å²) in [5, 5.41) is 18.5. The summed E-state index contributed by atoms with van der Waals surface area (Å²) in [6.45, 7) is 2.78. The first kappa shape index (κ1) is 14.6. The summed E-state index contributed by atoms with van der Waals surface area (Å²) in [5.41, 5.74) is 0.396. The second-order valence-corrected chi connectivity index (χ2v) is 4.62. The van der Waals surface area contributed by atoms with Crippen molar-refractivity contribution in [1.29, 1.82) is 0 Å². The molecule has 0 aliphatic rings. The fourth-order valence-electron chi connectivity index (χ4n) is 2.12. The summed E-state index contributed by atoms with van der Waals surface area (Å²) in [6, 6.07) is 3.75. The van der Waals surface area contributed by atoms with Gasteiger partial charge in [-0.05, 0) is 29.6 Å². The number of benzene rings is 1. The fourth-order valence-corrected chi connectivity index (χ4v) is 2.12. The predicted molar refractivity (Wildman–Crippen MR) is 74.3 cm³/mol. The van der Waals surface area contributed by atoms with Crippen LogP contribution < -0.4 is 11.2 Å². The Balaban J connectivity index is 2.33. The molecule has 20 heavy (non-hydrogen) atoms. The van der Waals surface area contributed by atoms with Crippen LogP contribution in [0.3, 0.4) is 0 Å². The summed E-state index contributed by atoms with van der Waals surface area (Å²) < 4.78 is 16.2. The molecule has 0 radical (unpaired) electrons. The van der Waals surface area contributed by atoms with Gasteiger partial charge in [-0.15, -0.1) is 0 Å². The topological polar surface area (TPSA) is 67.4 Å². The quantitative estimate of drug-likeness (QED) is 0.752. The van der Waals surface area contributed by atoms with Gasteiger partial charge in [-0.2, -0.15) is 0 Å². The van der Waals surface area contributed by atoms with Crippen molar-refractivity contribution in [2.45, 2.75) is 26.4 Å². The van der Waals surface area contributed by atoms with E-state index in [2.05, 4.69) is 0 Å². The Kier molecular flexibility index (Phi) is 4.41. The molecule has 0 atom stereocenters. The van der Waals surface area contributed by atoms with Crippen molar-refractivity contribution in [3.63, 3.8) is 0 Å². The molecule has 0 aliphatic carbocycles. The number of hydrogen-bond acceptors (Lipinski definition) is 3. The Morgan fingerprint density at radius 1 is 1.25 bits per heavy atom. The lowest BCUT2D eigenvalue weighted by Gasteiger charge is -2.09. The van der Waals surface area contributed by atoms with Crippen LogP contribution in [-0.4, -0.2) is 26.3 Å². The van der Waals surface area contributed by atoms with Crippen molar-refractivity contribution in [2.24, 2.45) is 0 Å². The maximum absolute atomic E-state index is 13.1. The SMILES string of the molecule is CCCn1ccn(Cc2ccc(F)cc2B(O)O)c1=O. The molecule has 1 heterocycles. The van der Waals surface area contributed by atoms with Gasteiger partial charge >= 0.3 is 12.8 Å². The van der Waals surface area contributed by atoms with Crippen LogP contribution in [-0.2, 0) is 13.1 Å². The molecule has 2 N–H and O–H groups in total. The summed E-state index contributed by atoms with van der Waals surface area (Å²) >= 11 is 0. The van der Waals surface area contributed by atoms with Crippen molar-refractivity contribution in [3.8, 4) is 0 Å². The normalized spacial score (nSPS) is 10.8. The van der Waals surface area contributed by atoms with E-state index in [-0.39, 0.29) is 17.7 Å². The monoisotopic (exact) mass is 278 g/mol. The van der Waals surface area contributed by atoms with Gasteiger partial charge in [0.2, 0.25) is 0 Å². The van der Waals surface area contributed by atoms with Crippen molar-refractivity contribution < 1.29 is 14.4 Å². The zero-order valence-corrected chi connectivity index (χ0v) is 11.2. The molecule has 7 heteroatoms. The minimum absolute atomic E-state index is 0.0696. The fraction of sp³-hybridized carbons (Fsp3) is 0.308. The Labute approximate surface area is 116 Å². The molecule has 0 saturated heterocycles. The van der Waals surface area contributed by atoms with E-state index in [9.17, 15) is 19.2 Å². The van der Waals surface area contributed by atoms with E-state index in [0.29, 0.717) is 12.1 Å². The molecular weight excluding hydrogens is 262 g/mol. The number of rotatable bonds is 5. The number of aryl methyl sites for hydroxylation is 1. The Hall–Kier alpha value is -1.86. The average Bonchev–Trinajstić information content (AvgIpc) is 2.74. The van der Waals surface area contributed by atoms with E-state index in [1.165, 1.54) is 16.7 Å². The summed E-state index contributed by atoms with van der Waals surface area (Å²) in [7, 11) is -1.77. The van der Waals surface area contributed by atoms with E-state index in [1.54, 1.807) is 17.0 Å². The van der Waals surface area contributed by atoms with Crippen LogP contribution in [0.25, 0.3) is 0 Å². The number of halogens is 1. The van der Waals surface area contributed by atoms with Gasteiger partial charge in [0.1, 0.15) is 5.82 Å². The predicted octanol–water partition coefficient (Wildman–Crippen LogP) is -0.0730. The van der Waals surface area contributed by atoms with Gasteiger partial charge in [-0.1, -0.05) is 13.0 Å². The standard InChI is InChI=1S/C13H16BFN2O3/c1-2-5-16-6-7-17(13(16)18)9-10-3-4-11(15)8-12(10)14(19)20/h3-4,6-8,19-20H,2,5,9H2,1H3. The van der Waals surface area contributed by atoms with E-state index >= 15 is 0 Å². The number of aromatic nitrogens is 2. The summed E-state index contributed by atoms with van der Waals surface area (Å²) in [6.07, 6.45) is 4.17. The van der Waals surface area contributed by atoms with Gasteiger partial charge in [0.25, 0.3) is 0 Å². The summed E-state index contributed by atoms with van der Waals surface area (Å²) in [5.74, 6) is -0.548. The average molecular weight is 278 g/mol. The maximum atomic E-state index is 13.1. The Bertz CT molecular complexity index is 651. The minimum Gasteiger partial charge on any atom is -0.423 e. The first-order chi connectivity index (χ1) is 9.52. The van der Waals surface area contributed by atoms with Gasteiger partial charge < -0.3 is 10.0 Å². The van der Waals surface area contributed by atoms with Crippen LogP contribution >= 0.6 is 0 Å². The molecule has 0 spiro atoms. The van der Waals surface area contributed by atoms with Crippen molar-refractivity contribution in [1.82, 2.24) is 9.13 Å². The smallest absolute Gasteiger partial charge is 0.423 e. The van der Waals surface area contributed by atoms with Crippen LogP contribution in [0.2, 0.25) is 0 Å². The lowest BCUT2D eigenvalue weighted by molar-refractivity contribution is 0.424. The summed E-state index contributed by atoms with van der Waals surface area (Å²) in [4.78, 5) is 12.0. The highest BCUT2D eigenvalue weighted by atomic mass is 19.1. The molecule has 0 aliphatic heterocycles. The largest absolute Gasteiger partial charge is 0.488 e. The van der Waals surface area contributed by atoms with Gasteiger partial charge in [0.05, 0.1) is 6.54 Å². The van der Waals surface area contributed by atoms with Gasteiger partial charge in [-0.3, -0.25) is 9.13 Å². The van der Waals surface area contributed by atoms with Crippen LogP contribution in [0.1, 0.15) is 18.9 Å². The van der Waals surface area contributed by atoms with Gasteiger partial charge in [0, 0.05) is 18.9 Å². The second-order valence-electron chi connectivity index (χ2n) is 4.62. The molecule has 0 amide bonds. The van der Waals surface area contributed by atoms with E-state index in [1.807, 2.05) is 6.92 Å². The maximum Gasteiger partial charge on any atom is 0.488 e. The third-order valence-electron chi connectivity index (χ3n) is 3.11. The van der Waals surface area contributed by atoms with E-state index < -0.39 is 12.9 Å². The zero-order chi connectivity index (χ0) is 14.7. The first-order valence-electron chi connectivity index (χ1n) is 6.43. The number of imidazole rings is 1. The molecule has 0 unspecified atom stereocenters. The molecule has 1 aromatic heterocycles. The highest BCUT2D eigenvalue weighted by Gasteiger charge is 2.17. The van der Waals surface area contributed by atoms with Crippen molar-refractivity contribution in [2.75, 3.05) is 0 Å². The lowest BCUT2D eigenvalue weighted by Crippen LogP contribution is -2.35. The third kappa shape index (κ3) is 3.00. The van der Waals surface area contributed by atoms with Crippen LogP contribution in [0.5, 0.6) is 0 Å². The number of nitrogens with zero attached hydrogens (tertiary/aromatic N) is 2. The molecule has 2 rings (SSSR count). The molecule has 1 aromatic carbocycles. The number of hydrogen-bond donors (Lipinski definition) is 2. The molecular formula is C13H16BFN2O3. The zero-order valence-electron chi connectivity index (χ0n) is 11.2. The molecule has 106 valence electrons. The third-order valence-corrected chi connectivity index (χ3v) is 3.11. The molecule has 0 fully saturated rings. The van der Waals surface area contributed by atoms with E-state index in [4.69, 9.17) is 0 Å². The Morgan fingerprint density at radius 3 is 2.60 bits per heavy atom. The van der Waals surface area contributed by atoms with Crippen molar-refractivity contribution in [3.05, 3.63) is 52.5 Å². The van der Waals surface area contributed by atoms with Gasteiger partial charge in [0.15, 0.2) is 0 Å². The molecule has 0 bridgehead atoms. The first-order valence-corrected chi connectivity index (χ1v) is 6.43. The second kappa shape index (κ2) is 6.07. The highest BCUT2D eigenvalue weighted by Crippen LogP contribution is 2.03. The lowest BCUT2D eigenvalue weighted by atomic mass is 9.77. The highest BCUT2D eigenvalue weighted by molar-refractivity contribution is 6.59. The minimum atomic E-state index is -1.77. The molecule has 5 nitrogen and oxygen atoms in total. The van der Waals surface area contributed by atoms with Crippen molar-refractivity contribution >= 4 is 12.6 Å². The van der Waals surface area contributed by atoms with E-state index in [0.717, 1.165) is 12.5 Å². The molecule has 2 aromatic rings. The molecule has 0 saturated carbocycles. The van der Waals surface area contributed by atoms with Crippen LogP contribution in [0.15, 0.2) is 35.4 Å². The van der Waals surface area contributed by atoms with Crippen LogP contribution in [0, 0.1) is 5.82 Å².